The molecule has 13 heavy (non-hydrogen) atoms. The van der Waals surface area contributed by atoms with Gasteiger partial charge in [0, 0.05) is 16.1 Å². The topological polar surface area (TPSA) is 34.1 Å². The van der Waals surface area contributed by atoms with Gasteiger partial charge in [0.2, 0.25) is 0 Å². The summed E-state index contributed by atoms with van der Waals surface area (Å²) < 4.78 is 21.1. The first-order chi connectivity index (χ1) is 6.08. The molecule has 2 nitrogen and oxygen atoms in total. The van der Waals surface area contributed by atoms with Gasteiger partial charge in [0.15, 0.2) is 0 Å². The molecule has 1 aliphatic heterocycles. The minimum atomic E-state index is -3.44. The van der Waals surface area contributed by atoms with Crippen molar-refractivity contribution in [3.05, 3.63) is 11.5 Å². The molecule has 0 atom stereocenters. The van der Waals surface area contributed by atoms with Crippen LogP contribution in [-0.4, -0.2) is 19.9 Å². The van der Waals surface area contributed by atoms with Gasteiger partial charge in [-0.3, -0.25) is 0 Å². The van der Waals surface area contributed by atoms with E-state index in [0.29, 0.717) is 5.92 Å². The van der Waals surface area contributed by atoms with Gasteiger partial charge in [-0.15, -0.1) is 0 Å². The summed E-state index contributed by atoms with van der Waals surface area (Å²) in [7, 11) is 1.59. The Balaban J connectivity index is 2.29. The average Bonchev–Trinajstić information content (AvgIpc) is 2.04. The lowest BCUT2D eigenvalue weighted by atomic mass is 9.99. The van der Waals surface area contributed by atoms with Gasteiger partial charge in [-0.05, 0) is 36.7 Å². The summed E-state index contributed by atoms with van der Waals surface area (Å²) in [6, 6.07) is 0. The number of hydrogen-bond acceptors (Lipinski definition) is 3. The molecule has 5 heteroatoms. The summed E-state index contributed by atoms with van der Waals surface area (Å²) in [5.74, 6) is 3.05. The van der Waals surface area contributed by atoms with Gasteiger partial charge in [0.05, 0.1) is 0 Å². The SMILES string of the molecule is O=S(=O)(Cl)/C=C\CC1CCSCC1. The van der Waals surface area contributed by atoms with Crippen LogP contribution in [0.15, 0.2) is 11.5 Å². The highest BCUT2D eigenvalue weighted by Gasteiger charge is 2.11. The zero-order valence-electron chi connectivity index (χ0n) is 7.28. The first-order valence-corrected chi connectivity index (χ1v) is 7.79. The Kier molecular flexibility index (Phi) is 4.62. The first-order valence-electron chi connectivity index (χ1n) is 4.27. The second-order valence-corrected chi connectivity index (χ2v) is 6.88. The summed E-state index contributed by atoms with van der Waals surface area (Å²) in [6.07, 6.45) is 4.89. The molecular weight excluding hydrogens is 228 g/mol. The van der Waals surface area contributed by atoms with E-state index >= 15 is 0 Å². The third kappa shape index (κ3) is 5.60. The Morgan fingerprint density at radius 2 is 2.00 bits per heavy atom. The van der Waals surface area contributed by atoms with E-state index in [2.05, 4.69) is 0 Å². The van der Waals surface area contributed by atoms with Crippen molar-refractivity contribution in [2.24, 2.45) is 5.92 Å². The van der Waals surface area contributed by atoms with Gasteiger partial charge in [0.1, 0.15) is 0 Å². The van der Waals surface area contributed by atoms with Crippen LogP contribution < -0.4 is 0 Å². The van der Waals surface area contributed by atoms with E-state index < -0.39 is 9.05 Å². The number of allylic oxidation sites excluding steroid dienone is 1. The molecule has 1 saturated heterocycles. The summed E-state index contributed by atoms with van der Waals surface area (Å²) in [6.45, 7) is 0. The van der Waals surface area contributed by atoms with Crippen LogP contribution in [0.3, 0.4) is 0 Å². The van der Waals surface area contributed by atoms with Crippen molar-refractivity contribution in [3.63, 3.8) is 0 Å². The second kappa shape index (κ2) is 5.27. The third-order valence-electron chi connectivity index (χ3n) is 2.07. The van der Waals surface area contributed by atoms with Crippen molar-refractivity contribution < 1.29 is 8.42 Å². The normalized spacial score (nSPS) is 21.0. The van der Waals surface area contributed by atoms with Gasteiger partial charge in [-0.25, -0.2) is 8.42 Å². The van der Waals surface area contributed by atoms with Crippen LogP contribution in [0.4, 0.5) is 0 Å². The number of rotatable bonds is 3. The number of thioether (sulfide) groups is 1. The molecule has 0 N–H and O–H groups in total. The van der Waals surface area contributed by atoms with Crippen LogP contribution in [0.5, 0.6) is 0 Å². The smallest absolute Gasteiger partial charge is 0.208 e. The Morgan fingerprint density at radius 3 is 2.54 bits per heavy atom. The predicted molar refractivity (Wildman–Crippen MR) is 58.6 cm³/mol. The molecule has 1 aliphatic rings. The minimum Gasteiger partial charge on any atom is -0.208 e. The van der Waals surface area contributed by atoms with Crippen LogP contribution in [0.2, 0.25) is 0 Å². The van der Waals surface area contributed by atoms with Crippen LogP contribution in [0.1, 0.15) is 19.3 Å². The van der Waals surface area contributed by atoms with Gasteiger partial charge < -0.3 is 0 Å². The maximum atomic E-state index is 10.5. The zero-order valence-corrected chi connectivity index (χ0v) is 9.67. The summed E-state index contributed by atoms with van der Waals surface area (Å²) in [5.41, 5.74) is 0. The predicted octanol–water partition coefficient (Wildman–Crippen LogP) is 2.60. The highest BCUT2D eigenvalue weighted by Crippen LogP contribution is 2.25. The van der Waals surface area contributed by atoms with Crippen molar-refractivity contribution in [1.29, 1.82) is 0 Å². The molecular formula is C8H13ClO2S2. The van der Waals surface area contributed by atoms with E-state index in [1.165, 1.54) is 24.3 Å². The second-order valence-electron chi connectivity index (χ2n) is 3.14. The van der Waals surface area contributed by atoms with Crippen LogP contribution in [0, 0.1) is 5.92 Å². The maximum Gasteiger partial charge on any atom is 0.254 e. The molecule has 0 aromatic rings. The van der Waals surface area contributed by atoms with Crippen molar-refractivity contribution in [3.8, 4) is 0 Å². The summed E-state index contributed by atoms with van der Waals surface area (Å²) in [4.78, 5) is 0. The number of halogens is 1. The van der Waals surface area contributed by atoms with E-state index in [-0.39, 0.29) is 0 Å². The molecule has 76 valence electrons. The monoisotopic (exact) mass is 240 g/mol. The molecule has 0 aromatic heterocycles. The van der Waals surface area contributed by atoms with Gasteiger partial charge in [-0.2, -0.15) is 11.8 Å². The van der Waals surface area contributed by atoms with Crippen LogP contribution in [0.25, 0.3) is 0 Å². The molecule has 0 aliphatic carbocycles. The highest BCUT2D eigenvalue weighted by molar-refractivity contribution is 8.16. The summed E-state index contributed by atoms with van der Waals surface area (Å²) in [5, 5.41) is 1.09. The molecule has 0 amide bonds. The van der Waals surface area contributed by atoms with E-state index in [0.717, 1.165) is 11.8 Å². The standard InChI is InChI=1S/C8H13ClO2S2/c9-13(10,11)7-1-2-8-3-5-12-6-4-8/h1,7-8H,2-6H2/b7-1-. The van der Waals surface area contributed by atoms with Crippen LogP contribution >= 0.6 is 22.4 Å². The molecule has 0 unspecified atom stereocenters. The lowest BCUT2D eigenvalue weighted by molar-refractivity contribution is 0.497. The van der Waals surface area contributed by atoms with E-state index in [4.69, 9.17) is 10.7 Å². The van der Waals surface area contributed by atoms with E-state index in [1.54, 1.807) is 6.08 Å². The van der Waals surface area contributed by atoms with Gasteiger partial charge in [0.25, 0.3) is 9.05 Å². The molecule has 0 bridgehead atoms. The molecule has 1 fully saturated rings. The Hall–Kier alpha value is 0.330. The largest absolute Gasteiger partial charge is 0.254 e. The van der Waals surface area contributed by atoms with Crippen molar-refractivity contribution >= 4 is 31.5 Å². The van der Waals surface area contributed by atoms with Crippen LogP contribution in [-0.2, 0) is 9.05 Å². The molecule has 1 heterocycles. The fraction of sp³-hybridized carbons (Fsp3) is 0.750. The Labute approximate surface area is 88.2 Å². The molecule has 0 spiro atoms. The quantitative estimate of drug-likeness (QED) is 0.712. The minimum absolute atomic E-state index is 0.649. The molecule has 0 saturated carbocycles. The fourth-order valence-corrected chi connectivity index (χ4v) is 3.11. The molecule has 1 rings (SSSR count). The van der Waals surface area contributed by atoms with E-state index in [9.17, 15) is 8.42 Å². The number of hydrogen-bond donors (Lipinski definition) is 0. The lowest BCUT2D eigenvalue weighted by Gasteiger charge is -2.19. The average molecular weight is 241 g/mol. The maximum absolute atomic E-state index is 10.5. The third-order valence-corrected chi connectivity index (χ3v) is 3.94. The van der Waals surface area contributed by atoms with Crippen molar-refractivity contribution in [2.75, 3.05) is 11.5 Å². The van der Waals surface area contributed by atoms with Gasteiger partial charge >= 0.3 is 0 Å². The molecule has 0 radical (unpaired) electrons. The Bertz CT molecular complexity index is 266. The lowest BCUT2D eigenvalue weighted by Crippen LogP contribution is -2.08. The first kappa shape index (κ1) is 11.4. The van der Waals surface area contributed by atoms with E-state index in [1.807, 2.05) is 11.8 Å². The molecule has 0 aromatic carbocycles. The van der Waals surface area contributed by atoms with Crippen molar-refractivity contribution in [2.45, 2.75) is 19.3 Å². The highest BCUT2D eigenvalue weighted by atomic mass is 35.7. The summed E-state index contributed by atoms with van der Waals surface area (Å²) >= 11 is 1.97. The fourth-order valence-electron chi connectivity index (χ4n) is 1.35. The van der Waals surface area contributed by atoms with Crippen molar-refractivity contribution in [1.82, 2.24) is 0 Å². The van der Waals surface area contributed by atoms with Gasteiger partial charge in [-0.1, -0.05) is 6.08 Å². The zero-order chi connectivity index (χ0) is 9.73. The Morgan fingerprint density at radius 1 is 1.38 bits per heavy atom.